The van der Waals surface area contributed by atoms with Crippen molar-refractivity contribution in [3.8, 4) is 22.5 Å². The summed E-state index contributed by atoms with van der Waals surface area (Å²) in [7, 11) is 0. The van der Waals surface area contributed by atoms with Crippen molar-refractivity contribution < 1.29 is 0 Å². The molecule has 0 aliphatic carbocycles. The number of imidazole rings is 1. The van der Waals surface area contributed by atoms with E-state index in [1.165, 1.54) is 5.56 Å². The number of hydrogen-bond acceptors (Lipinski definition) is 3. The summed E-state index contributed by atoms with van der Waals surface area (Å²) in [5, 5.41) is 0. The van der Waals surface area contributed by atoms with E-state index in [0.717, 1.165) is 22.5 Å². The molecule has 22 heavy (non-hydrogen) atoms. The van der Waals surface area contributed by atoms with Crippen LogP contribution in [0.4, 0.5) is 0 Å². The summed E-state index contributed by atoms with van der Waals surface area (Å²) >= 11 is 0. The number of nitrogens with one attached hydrogen (secondary N) is 1. The highest BCUT2D eigenvalue weighted by Gasteiger charge is 2.21. The second kappa shape index (κ2) is 5.73. The van der Waals surface area contributed by atoms with E-state index in [-0.39, 0.29) is 5.41 Å². The molecule has 1 aromatic carbocycles. The molecule has 0 fully saturated rings. The number of benzene rings is 1. The molecule has 3 rings (SSSR count). The summed E-state index contributed by atoms with van der Waals surface area (Å²) in [6.45, 7) is 4.90. The normalized spacial score (nSPS) is 11.6. The van der Waals surface area contributed by atoms with E-state index in [9.17, 15) is 0 Å². The second-order valence-electron chi connectivity index (χ2n) is 6.02. The van der Waals surface area contributed by atoms with Gasteiger partial charge in [0, 0.05) is 42.3 Å². The monoisotopic (exact) mass is 292 g/mol. The van der Waals surface area contributed by atoms with Gasteiger partial charge >= 0.3 is 0 Å². The van der Waals surface area contributed by atoms with Gasteiger partial charge in [-0.2, -0.15) is 0 Å². The largest absolute Gasteiger partial charge is 0.345 e. The highest BCUT2D eigenvalue weighted by Crippen LogP contribution is 2.34. The lowest BCUT2D eigenvalue weighted by Crippen LogP contribution is -2.28. The van der Waals surface area contributed by atoms with Crippen LogP contribution in [0.1, 0.15) is 19.4 Å². The van der Waals surface area contributed by atoms with Crippen LogP contribution in [0.3, 0.4) is 0 Å². The van der Waals surface area contributed by atoms with E-state index >= 15 is 0 Å². The number of H-pyrrole nitrogens is 1. The maximum atomic E-state index is 5.92. The van der Waals surface area contributed by atoms with E-state index in [1.54, 1.807) is 18.6 Å². The van der Waals surface area contributed by atoms with Crippen molar-refractivity contribution in [2.45, 2.75) is 19.3 Å². The SMILES string of the molecule is CC(C)(CN)c1ccc(-c2ccncc2)c(-c2ncc[nH]2)c1. The third kappa shape index (κ3) is 2.65. The van der Waals surface area contributed by atoms with E-state index in [4.69, 9.17) is 5.73 Å². The molecule has 0 atom stereocenters. The molecular formula is C18H20N4. The zero-order valence-electron chi connectivity index (χ0n) is 12.9. The number of nitrogens with two attached hydrogens (primary N) is 1. The van der Waals surface area contributed by atoms with Crippen molar-refractivity contribution in [3.63, 3.8) is 0 Å². The van der Waals surface area contributed by atoms with Gasteiger partial charge in [0.2, 0.25) is 0 Å². The Kier molecular flexibility index (Phi) is 3.77. The van der Waals surface area contributed by atoms with Crippen molar-refractivity contribution in [2.75, 3.05) is 6.54 Å². The zero-order chi connectivity index (χ0) is 15.6. The van der Waals surface area contributed by atoms with Gasteiger partial charge < -0.3 is 10.7 Å². The molecule has 2 aromatic heterocycles. The Morgan fingerprint density at radius 3 is 2.45 bits per heavy atom. The minimum Gasteiger partial charge on any atom is -0.345 e. The predicted molar refractivity (Wildman–Crippen MR) is 89.3 cm³/mol. The average molecular weight is 292 g/mol. The molecule has 4 nitrogen and oxygen atoms in total. The molecular weight excluding hydrogens is 272 g/mol. The third-order valence-electron chi connectivity index (χ3n) is 4.06. The number of rotatable bonds is 4. The molecule has 0 spiro atoms. The standard InChI is InChI=1S/C18H20N4/c1-18(2,12-19)14-3-4-15(13-5-7-20-8-6-13)16(11-14)17-21-9-10-22-17/h3-11H,12,19H2,1-2H3,(H,21,22). The van der Waals surface area contributed by atoms with Gasteiger partial charge in [0.05, 0.1) is 0 Å². The fourth-order valence-electron chi connectivity index (χ4n) is 2.47. The molecule has 3 N–H and O–H groups in total. The fraction of sp³-hybridized carbons (Fsp3) is 0.222. The minimum absolute atomic E-state index is 0.0713. The number of aromatic nitrogens is 3. The zero-order valence-corrected chi connectivity index (χ0v) is 12.9. The first-order chi connectivity index (χ1) is 10.6. The van der Waals surface area contributed by atoms with E-state index in [2.05, 4.69) is 47.0 Å². The van der Waals surface area contributed by atoms with Crippen molar-refractivity contribution in [3.05, 3.63) is 60.7 Å². The van der Waals surface area contributed by atoms with Crippen LogP contribution < -0.4 is 5.73 Å². The van der Waals surface area contributed by atoms with Gasteiger partial charge in [0.25, 0.3) is 0 Å². The Balaban J connectivity index is 2.19. The topological polar surface area (TPSA) is 67.6 Å². The molecule has 4 heteroatoms. The Morgan fingerprint density at radius 1 is 1.05 bits per heavy atom. The van der Waals surface area contributed by atoms with Crippen molar-refractivity contribution in [1.29, 1.82) is 0 Å². The van der Waals surface area contributed by atoms with E-state index < -0.39 is 0 Å². The highest BCUT2D eigenvalue weighted by atomic mass is 14.9. The van der Waals surface area contributed by atoms with Gasteiger partial charge in [-0.1, -0.05) is 26.0 Å². The molecule has 112 valence electrons. The summed E-state index contributed by atoms with van der Waals surface area (Å²) in [4.78, 5) is 11.7. The lowest BCUT2D eigenvalue weighted by atomic mass is 9.82. The lowest BCUT2D eigenvalue weighted by molar-refractivity contribution is 0.539. The van der Waals surface area contributed by atoms with Gasteiger partial charge in [0.1, 0.15) is 5.82 Å². The van der Waals surface area contributed by atoms with Gasteiger partial charge in [-0.15, -0.1) is 0 Å². The quantitative estimate of drug-likeness (QED) is 0.774. The van der Waals surface area contributed by atoms with E-state index in [0.29, 0.717) is 6.54 Å². The van der Waals surface area contributed by atoms with Crippen molar-refractivity contribution in [1.82, 2.24) is 15.0 Å². The Bertz CT molecular complexity index is 746. The molecule has 0 aliphatic heterocycles. The molecule has 0 radical (unpaired) electrons. The Labute approximate surface area is 130 Å². The Hall–Kier alpha value is -2.46. The van der Waals surface area contributed by atoms with Crippen molar-refractivity contribution >= 4 is 0 Å². The van der Waals surface area contributed by atoms with Crippen LogP contribution in [-0.4, -0.2) is 21.5 Å². The number of hydrogen-bond donors (Lipinski definition) is 2. The van der Waals surface area contributed by atoms with Crippen LogP contribution in [0.2, 0.25) is 0 Å². The highest BCUT2D eigenvalue weighted by molar-refractivity contribution is 5.81. The predicted octanol–water partition coefficient (Wildman–Crippen LogP) is 3.38. The van der Waals surface area contributed by atoms with Gasteiger partial charge in [-0.3, -0.25) is 4.98 Å². The van der Waals surface area contributed by atoms with Gasteiger partial charge in [-0.05, 0) is 34.9 Å². The molecule has 0 bridgehead atoms. The minimum atomic E-state index is -0.0713. The molecule has 3 aromatic rings. The van der Waals surface area contributed by atoms with Crippen molar-refractivity contribution in [2.24, 2.45) is 5.73 Å². The van der Waals surface area contributed by atoms with Gasteiger partial charge in [0.15, 0.2) is 0 Å². The summed E-state index contributed by atoms with van der Waals surface area (Å²) in [5.41, 5.74) is 10.4. The molecule has 2 heterocycles. The van der Waals surface area contributed by atoms with Gasteiger partial charge in [-0.25, -0.2) is 4.98 Å². The summed E-state index contributed by atoms with van der Waals surface area (Å²) < 4.78 is 0. The summed E-state index contributed by atoms with van der Waals surface area (Å²) in [5.74, 6) is 0.862. The number of pyridine rings is 1. The van der Waals surface area contributed by atoms with Crippen LogP contribution in [0.5, 0.6) is 0 Å². The molecule has 0 saturated carbocycles. The lowest BCUT2D eigenvalue weighted by Gasteiger charge is -2.24. The van der Waals surface area contributed by atoms with Crippen LogP contribution in [-0.2, 0) is 5.41 Å². The first-order valence-electron chi connectivity index (χ1n) is 7.36. The van der Waals surface area contributed by atoms with Crippen LogP contribution in [0.25, 0.3) is 22.5 Å². The van der Waals surface area contributed by atoms with Crippen LogP contribution in [0.15, 0.2) is 55.1 Å². The Morgan fingerprint density at radius 2 is 1.82 bits per heavy atom. The average Bonchev–Trinajstić information content (AvgIpc) is 3.09. The molecule has 0 aliphatic rings. The molecule has 0 amide bonds. The first kappa shape index (κ1) is 14.5. The molecule has 0 saturated heterocycles. The van der Waals surface area contributed by atoms with E-state index in [1.807, 2.05) is 18.3 Å². The smallest absolute Gasteiger partial charge is 0.137 e. The fourth-order valence-corrected chi connectivity index (χ4v) is 2.47. The van der Waals surface area contributed by atoms with Crippen LogP contribution in [0, 0.1) is 0 Å². The first-order valence-corrected chi connectivity index (χ1v) is 7.36. The number of nitrogens with zero attached hydrogens (tertiary/aromatic N) is 2. The summed E-state index contributed by atoms with van der Waals surface area (Å²) in [6.07, 6.45) is 7.22. The number of aromatic amines is 1. The second-order valence-corrected chi connectivity index (χ2v) is 6.02. The maximum Gasteiger partial charge on any atom is 0.137 e. The summed E-state index contributed by atoms with van der Waals surface area (Å²) in [6, 6.07) is 10.5. The molecule has 0 unspecified atom stereocenters. The van der Waals surface area contributed by atoms with Crippen LogP contribution >= 0.6 is 0 Å². The maximum absolute atomic E-state index is 5.92. The third-order valence-corrected chi connectivity index (χ3v) is 4.06.